The van der Waals surface area contributed by atoms with E-state index >= 15 is 0 Å². The molecule has 117 heavy (non-hydrogen) atoms. The molecule has 0 bridgehead atoms. The molecule has 0 saturated carbocycles. The van der Waals surface area contributed by atoms with Gasteiger partial charge in [0.25, 0.3) is 0 Å². The first kappa shape index (κ1) is 74.9. The monoisotopic (exact) mass is 1510 g/mol. The van der Waals surface area contributed by atoms with Crippen LogP contribution in [0.15, 0.2) is 389 Å². The number of fused-ring (bicyclic) bond motifs is 7. The van der Waals surface area contributed by atoms with E-state index in [9.17, 15) is 0 Å². The first-order chi connectivity index (χ1) is 57.3. The summed E-state index contributed by atoms with van der Waals surface area (Å²) in [6.45, 7) is 22.8. The maximum atomic E-state index is 4.27. The van der Waals surface area contributed by atoms with Gasteiger partial charge in [0, 0.05) is 84.2 Å². The molecule has 570 valence electrons. The van der Waals surface area contributed by atoms with Crippen LogP contribution in [0.2, 0.25) is 0 Å². The molecule has 17 aromatic rings. The second-order valence-corrected chi connectivity index (χ2v) is 32.9. The van der Waals surface area contributed by atoms with Crippen LogP contribution in [0.3, 0.4) is 0 Å². The van der Waals surface area contributed by atoms with Crippen molar-refractivity contribution in [1.82, 2.24) is 4.57 Å². The predicted molar refractivity (Wildman–Crippen MR) is 503 cm³/mol. The lowest BCUT2D eigenvalue weighted by atomic mass is 9.78. The van der Waals surface area contributed by atoms with Crippen molar-refractivity contribution in [3.05, 3.63) is 417 Å². The van der Waals surface area contributed by atoms with Crippen LogP contribution >= 0.6 is 0 Å². The minimum Gasteiger partial charge on any atom is -0.310 e. The molecule has 0 atom stereocenters. The fraction of sp³-hybridized carbons (Fsp3) is 0.133. The summed E-state index contributed by atoms with van der Waals surface area (Å²) in [6, 6.07) is 135. The summed E-state index contributed by atoms with van der Waals surface area (Å²) in [4.78, 5) is 7.75. The largest absolute Gasteiger partial charge is 0.310 e. The van der Waals surface area contributed by atoms with Gasteiger partial charge in [0.05, 0.1) is 22.4 Å². The second-order valence-electron chi connectivity index (χ2n) is 32.9. The van der Waals surface area contributed by atoms with E-state index in [1.165, 1.54) is 78.0 Å². The summed E-state index contributed by atoms with van der Waals surface area (Å²) in [5.41, 5.74) is 31.8. The topological polar surface area (TPSA) is 14.7 Å². The number of rotatable bonds is 24. The predicted octanol–water partition coefficient (Wildman–Crippen LogP) is 32.4. The normalized spacial score (nSPS) is 12.3. The Morgan fingerprint density at radius 3 is 1.15 bits per heavy atom. The van der Waals surface area contributed by atoms with Crippen LogP contribution in [0.25, 0.3) is 110 Å². The van der Waals surface area contributed by atoms with Crippen molar-refractivity contribution in [2.75, 3.05) is 14.7 Å². The maximum Gasteiger partial charge on any atom is 0.0620 e. The number of anilines is 9. The molecule has 1 aromatic heterocycles. The number of unbranched alkanes of at least 4 members (excludes halogenated alkanes) is 2. The van der Waals surface area contributed by atoms with Crippen LogP contribution in [0.4, 0.5) is 51.2 Å². The number of benzene rings is 16. The molecule has 0 amide bonds. The third-order valence-electron chi connectivity index (χ3n) is 24.5. The van der Waals surface area contributed by atoms with Crippen molar-refractivity contribution in [2.24, 2.45) is 0 Å². The number of nitrogens with zero attached hydrogens (tertiary/aromatic N) is 4. The van der Waals surface area contributed by atoms with Crippen molar-refractivity contribution < 1.29 is 0 Å². The van der Waals surface area contributed by atoms with Crippen molar-refractivity contribution in [2.45, 2.75) is 97.3 Å². The van der Waals surface area contributed by atoms with Crippen LogP contribution in [-0.2, 0) is 17.3 Å². The number of allylic oxidation sites excluding steroid dienone is 4. The van der Waals surface area contributed by atoms with Gasteiger partial charge < -0.3 is 19.3 Å². The quantitative estimate of drug-likeness (QED) is 0.0340. The molecule has 4 heteroatoms. The standard InChI is InChI=1S/C113H98N4/c1-9-13-67-112(5,6)92-56-62-101-104(74-92)110(114(94-57-47-84(48-58-94)79-33-20-15-21-34-79)96-43-30-45-98(76-96)116-106-63-51-86(81-37-24-17-25-38-81)69-90(106)71-91-70-87(52-64-107(91)116)82-39-26-18-27-40-82)100-61-55-93(113(7,8)68-14-10-2)75-105(100)111(101)115(95-59-49-85(50-60-95)80-35-22-16-23-36-80)97-44-31-46-99(77-97)117-108-65-53-88(78(12-4)32-11-3)72-102(108)103-73-89(54-66-109(103)117)83-41-28-19-29-42-83/h11-12,15-66,69-70,72-77H,3-4,9-10,13-14,67-68,71H2,1-2,5-8H3/b78-32+. The van der Waals surface area contributed by atoms with Crippen molar-refractivity contribution in [3.8, 4) is 61.3 Å². The minimum absolute atomic E-state index is 0.178. The third-order valence-corrected chi connectivity index (χ3v) is 24.5. The SMILES string of the molecule is C=C/C=C(\C=C)c1ccc2c(c1)c1cc(-c3ccccc3)ccc1n2-c1cccc(N(c2ccc(-c3ccccc3)cc2)c2c3ccc(C(C)(C)CCCC)cc3c(N(c3ccc(-c4ccccc4)cc3)c3cccc(N4c5ccc(-c6ccccc6)cc5Cc5cc(-c6ccccc6)ccc54)c3)c3ccc(C(C)(C)CCCC)cc23)c1. The summed E-state index contributed by atoms with van der Waals surface area (Å²) in [5.74, 6) is 0. The summed E-state index contributed by atoms with van der Waals surface area (Å²) in [7, 11) is 0. The van der Waals surface area contributed by atoms with E-state index in [1.54, 1.807) is 0 Å². The fourth-order valence-corrected chi connectivity index (χ4v) is 18.1. The minimum atomic E-state index is -0.178. The Labute approximate surface area is 690 Å². The second kappa shape index (κ2) is 32.0. The Morgan fingerprint density at radius 1 is 0.333 bits per heavy atom. The Morgan fingerprint density at radius 2 is 0.718 bits per heavy atom. The fourth-order valence-electron chi connectivity index (χ4n) is 18.1. The molecule has 0 fully saturated rings. The first-order valence-electron chi connectivity index (χ1n) is 41.8. The molecule has 16 aromatic carbocycles. The number of hydrogen-bond acceptors (Lipinski definition) is 3. The van der Waals surface area contributed by atoms with E-state index in [1.807, 2.05) is 18.2 Å². The summed E-state index contributed by atoms with van der Waals surface area (Å²) < 4.78 is 2.48. The van der Waals surface area contributed by atoms with E-state index in [-0.39, 0.29) is 10.8 Å². The molecule has 0 saturated heterocycles. The lowest BCUT2D eigenvalue weighted by Crippen LogP contribution is -2.20. The van der Waals surface area contributed by atoms with Gasteiger partial charge in [-0.05, 0) is 234 Å². The smallest absolute Gasteiger partial charge is 0.0620 e. The molecule has 0 unspecified atom stereocenters. The van der Waals surface area contributed by atoms with Gasteiger partial charge in [-0.15, -0.1) is 0 Å². The van der Waals surface area contributed by atoms with Gasteiger partial charge in [0.1, 0.15) is 0 Å². The van der Waals surface area contributed by atoms with Crippen LogP contribution in [0.5, 0.6) is 0 Å². The lowest BCUT2D eigenvalue weighted by molar-refractivity contribution is 0.458. The Balaban J connectivity index is 0.923. The van der Waals surface area contributed by atoms with Crippen LogP contribution in [0, 0.1) is 0 Å². The van der Waals surface area contributed by atoms with Gasteiger partial charge >= 0.3 is 0 Å². The van der Waals surface area contributed by atoms with Gasteiger partial charge in [0.15, 0.2) is 0 Å². The Kier molecular flexibility index (Phi) is 20.5. The van der Waals surface area contributed by atoms with Gasteiger partial charge in [-0.3, -0.25) is 0 Å². The van der Waals surface area contributed by atoms with E-state index in [0.717, 1.165) is 156 Å². The molecule has 4 nitrogen and oxygen atoms in total. The molecule has 2 heterocycles. The molecule has 1 aliphatic heterocycles. The van der Waals surface area contributed by atoms with Gasteiger partial charge in [-0.25, -0.2) is 0 Å². The van der Waals surface area contributed by atoms with Crippen molar-refractivity contribution >= 4 is 100 Å². The first-order valence-corrected chi connectivity index (χ1v) is 41.8. The lowest BCUT2D eigenvalue weighted by Gasteiger charge is -2.36. The number of aromatic nitrogens is 1. The summed E-state index contributed by atoms with van der Waals surface area (Å²) in [6.07, 6.45) is 13.1. The molecular formula is C113H98N4. The highest BCUT2D eigenvalue weighted by atomic mass is 15.2. The number of hydrogen-bond donors (Lipinski definition) is 0. The van der Waals surface area contributed by atoms with Crippen molar-refractivity contribution in [1.29, 1.82) is 0 Å². The molecule has 0 radical (unpaired) electrons. The van der Waals surface area contributed by atoms with E-state index < -0.39 is 0 Å². The highest BCUT2D eigenvalue weighted by Gasteiger charge is 2.33. The van der Waals surface area contributed by atoms with Crippen LogP contribution in [0.1, 0.15) is 108 Å². The van der Waals surface area contributed by atoms with Crippen LogP contribution in [-0.4, -0.2) is 4.57 Å². The Bertz CT molecular complexity index is 6480. The van der Waals surface area contributed by atoms with Gasteiger partial charge in [-0.1, -0.05) is 335 Å². The highest BCUT2D eigenvalue weighted by Crippen LogP contribution is 2.56. The molecular weight excluding hydrogens is 1410 g/mol. The summed E-state index contributed by atoms with van der Waals surface area (Å²) >= 11 is 0. The highest BCUT2D eigenvalue weighted by molar-refractivity contribution is 6.24. The molecule has 0 spiro atoms. The zero-order chi connectivity index (χ0) is 79.7. The average molecular weight is 1510 g/mol. The third kappa shape index (κ3) is 14.5. The van der Waals surface area contributed by atoms with Gasteiger partial charge in [-0.2, -0.15) is 0 Å². The zero-order valence-electron chi connectivity index (χ0n) is 67.9. The van der Waals surface area contributed by atoms with Crippen LogP contribution < -0.4 is 14.7 Å². The molecule has 0 N–H and O–H groups in total. The summed E-state index contributed by atoms with van der Waals surface area (Å²) in [5, 5.41) is 6.92. The molecule has 18 rings (SSSR count). The average Bonchev–Trinajstić information content (AvgIpc) is 1.29. The Hall–Kier alpha value is -13.5. The van der Waals surface area contributed by atoms with E-state index in [0.29, 0.717) is 0 Å². The molecule has 1 aliphatic rings. The molecule has 0 aliphatic carbocycles. The van der Waals surface area contributed by atoms with E-state index in [4.69, 9.17) is 0 Å². The maximum absolute atomic E-state index is 4.27. The van der Waals surface area contributed by atoms with Gasteiger partial charge in [0.2, 0.25) is 0 Å². The zero-order valence-corrected chi connectivity index (χ0v) is 67.9. The van der Waals surface area contributed by atoms with E-state index in [2.05, 4.69) is 432 Å². The van der Waals surface area contributed by atoms with Crippen molar-refractivity contribution in [3.63, 3.8) is 0 Å².